The second-order valence-electron chi connectivity index (χ2n) is 5.39. The fraction of sp³-hybridized carbons (Fsp3) is 0.375. The molecule has 0 saturated carbocycles. The second kappa shape index (κ2) is 5.90. The molecule has 0 aliphatic rings. The van der Waals surface area contributed by atoms with E-state index in [0.717, 1.165) is 12.0 Å². The van der Waals surface area contributed by atoms with Gasteiger partial charge in [-0.1, -0.05) is 26.0 Å². The Bertz CT molecular complexity index is 597. The van der Waals surface area contributed by atoms with Crippen molar-refractivity contribution in [3.63, 3.8) is 0 Å². The van der Waals surface area contributed by atoms with Crippen molar-refractivity contribution in [2.45, 2.75) is 33.6 Å². The number of aliphatic carboxylic acids is 1. The van der Waals surface area contributed by atoms with Crippen molar-refractivity contribution in [3.05, 3.63) is 41.3 Å². The van der Waals surface area contributed by atoms with Gasteiger partial charge in [0.2, 0.25) is 5.89 Å². The van der Waals surface area contributed by atoms with E-state index in [1.165, 1.54) is 5.56 Å². The summed E-state index contributed by atoms with van der Waals surface area (Å²) in [7, 11) is 0. The Hall–Kier alpha value is -2.10. The van der Waals surface area contributed by atoms with E-state index < -0.39 is 5.97 Å². The lowest BCUT2D eigenvalue weighted by Crippen LogP contribution is -1.99. The summed E-state index contributed by atoms with van der Waals surface area (Å²) in [6.45, 7) is 6.13. The van der Waals surface area contributed by atoms with Gasteiger partial charge in [0.05, 0.1) is 5.69 Å². The van der Waals surface area contributed by atoms with E-state index in [4.69, 9.17) is 9.52 Å². The Balaban J connectivity index is 2.21. The molecule has 0 bridgehead atoms. The highest BCUT2D eigenvalue weighted by atomic mass is 16.4. The van der Waals surface area contributed by atoms with Gasteiger partial charge >= 0.3 is 5.97 Å². The summed E-state index contributed by atoms with van der Waals surface area (Å²) in [5.74, 6) is 0.601. The molecule has 0 spiro atoms. The first kappa shape index (κ1) is 14.3. The molecule has 0 amide bonds. The molecule has 0 atom stereocenters. The molecule has 1 N–H and O–H groups in total. The highest BCUT2D eigenvalue weighted by Gasteiger charge is 2.14. The number of hydrogen-bond donors (Lipinski definition) is 1. The number of benzene rings is 1. The first-order valence-electron chi connectivity index (χ1n) is 6.73. The van der Waals surface area contributed by atoms with E-state index in [9.17, 15) is 4.79 Å². The van der Waals surface area contributed by atoms with Gasteiger partial charge in [-0.3, -0.25) is 4.79 Å². The van der Waals surface area contributed by atoms with Crippen LogP contribution in [-0.2, 0) is 17.6 Å². The van der Waals surface area contributed by atoms with Gasteiger partial charge in [0.25, 0.3) is 0 Å². The summed E-state index contributed by atoms with van der Waals surface area (Å²) < 4.78 is 5.54. The van der Waals surface area contributed by atoms with Crippen LogP contribution in [-0.4, -0.2) is 16.1 Å². The Labute approximate surface area is 118 Å². The number of nitrogens with zero attached hydrogens (tertiary/aromatic N) is 1. The number of rotatable bonds is 5. The van der Waals surface area contributed by atoms with Crippen molar-refractivity contribution >= 4 is 5.97 Å². The molecule has 0 aliphatic carbocycles. The molecule has 20 heavy (non-hydrogen) atoms. The van der Waals surface area contributed by atoms with Gasteiger partial charge in [-0.2, -0.15) is 0 Å². The van der Waals surface area contributed by atoms with Crippen LogP contribution in [0.4, 0.5) is 0 Å². The van der Waals surface area contributed by atoms with Crippen LogP contribution in [0.3, 0.4) is 0 Å². The number of aromatic nitrogens is 1. The minimum atomic E-state index is -0.914. The van der Waals surface area contributed by atoms with E-state index in [0.29, 0.717) is 23.3 Å². The van der Waals surface area contributed by atoms with Gasteiger partial charge in [-0.05, 0) is 37.0 Å². The smallest absolute Gasteiger partial charge is 0.311 e. The van der Waals surface area contributed by atoms with Crippen molar-refractivity contribution < 1.29 is 14.3 Å². The third-order valence-electron chi connectivity index (χ3n) is 3.05. The number of aryl methyl sites for hydroxylation is 1. The zero-order valence-corrected chi connectivity index (χ0v) is 12.0. The van der Waals surface area contributed by atoms with Crippen molar-refractivity contribution in [1.29, 1.82) is 0 Å². The van der Waals surface area contributed by atoms with Crippen LogP contribution in [0.1, 0.15) is 30.9 Å². The number of oxazole rings is 1. The zero-order chi connectivity index (χ0) is 14.7. The number of carboxylic acid groups (broad SMARTS) is 1. The quantitative estimate of drug-likeness (QED) is 0.906. The molecule has 4 heteroatoms. The van der Waals surface area contributed by atoms with Gasteiger partial charge in [-0.25, -0.2) is 4.98 Å². The van der Waals surface area contributed by atoms with Crippen molar-refractivity contribution in [1.82, 2.24) is 4.98 Å². The third kappa shape index (κ3) is 3.47. The molecule has 1 heterocycles. The normalized spacial score (nSPS) is 11.0. The Kier molecular flexibility index (Phi) is 4.23. The molecule has 4 nitrogen and oxygen atoms in total. The largest absolute Gasteiger partial charge is 0.481 e. The fourth-order valence-corrected chi connectivity index (χ4v) is 2.11. The number of hydrogen-bond acceptors (Lipinski definition) is 3. The fourth-order valence-electron chi connectivity index (χ4n) is 2.11. The van der Waals surface area contributed by atoms with Crippen molar-refractivity contribution in [2.24, 2.45) is 5.92 Å². The maximum absolute atomic E-state index is 10.7. The highest BCUT2D eigenvalue weighted by molar-refractivity contribution is 5.70. The lowest BCUT2D eigenvalue weighted by molar-refractivity contribution is -0.136. The number of carboxylic acids is 1. The summed E-state index contributed by atoms with van der Waals surface area (Å²) in [4.78, 5) is 15.0. The predicted molar refractivity (Wildman–Crippen MR) is 76.6 cm³/mol. The van der Waals surface area contributed by atoms with Gasteiger partial charge in [0, 0.05) is 5.56 Å². The summed E-state index contributed by atoms with van der Waals surface area (Å²) in [6.07, 6.45) is 0.902. The Morgan fingerprint density at radius 1 is 1.30 bits per heavy atom. The van der Waals surface area contributed by atoms with Crippen LogP contribution in [0.5, 0.6) is 0 Å². The van der Waals surface area contributed by atoms with E-state index in [-0.39, 0.29) is 6.42 Å². The first-order chi connectivity index (χ1) is 9.45. The van der Waals surface area contributed by atoms with Gasteiger partial charge in [0.1, 0.15) is 12.2 Å². The molecule has 106 valence electrons. The van der Waals surface area contributed by atoms with E-state index in [2.05, 4.69) is 31.0 Å². The maximum Gasteiger partial charge on any atom is 0.311 e. The van der Waals surface area contributed by atoms with Gasteiger partial charge < -0.3 is 9.52 Å². The topological polar surface area (TPSA) is 63.3 Å². The third-order valence-corrected chi connectivity index (χ3v) is 3.05. The SMILES string of the molecule is Cc1nc(-c2ccc(CC(C)C)cc2)oc1CC(=O)O. The molecule has 1 aromatic heterocycles. The van der Waals surface area contributed by atoms with Crippen LogP contribution in [0.25, 0.3) is 11.5 Å². The lowest BCUT2D eigenvalue weighted by Gasteiger charge is -2.04. The standard InChI is InChI=1S/C16H19NO3/c1-10(2)8-12-4-6-13(7-5-12)16-17-11(3)14(20-16)9-15(18)19/h4-7,10H,8-9H2,1-3H3,(H,18,19). The van der Waals surface area contributed by atoms with Gasteiger partial charge in [0.15, 0.2) is 0 Å². The molecule has 2 rings (SSSR count). The Morgan fingerprint density at radius 2 is 1.95 bits per heavy atom. The maximum atomic E-state index is 10.7. The van der Waals surface area contributed by atoms with E-state index in [1.54, 1.807) is 6.92 Å². The lowest BCUT2D eigenvalue weighted by atomic mass is 10.0. The first-order valence-corrected chi connectivity index (χ1v) is 6.73. The molecular weight excluding hydrogens is 254 g/mol. The minimum absolute atomic E-state index is 0.135. The average Bonchev–Trinajstić information content (AvgIpc) is 2.70. The minimum Gasteiger partial charge on any atom is -0.481 e. The van der Waals surface area contributed by atoms with Crippen LogP contribution in [0.2, 0.25) is 0 Å². The van der Waals surface area contributed by atoms with Crippen LogP contribution >= 0.6 is 0 Å². The van der Waals surface area contributed by atoms with Crippen LogP contribution in [0, 0.1) is 12.8 Å². The molecule has 0 saturated heterocycles. The summed E-state index contributed by atoms with van der Waals surface area (Å²) in [5, 5.41) is 8.80. The summed E-state index contributed by atoms with van der Waals surface area (Å²) in [5.41, 5.74) is 2.78. The molecule has 0 aliphatic heterocycles. The summed E-state index contributed by atoms with van der Waals surface area (Å²) >= 11 is 0. The highest BCUT2D eigenvalue weighted by Crippen LogP contribution is 2.23. The Morgan fingerprint density at radius 3 is 2.50 bits per heavy atom. The van der Waals surface area contributed by atoms with E-state index >= 15 is 0 Å². The molecule has 0 fully saturated rings. The van der Waals surface area contributed by atoms with Crippen LogP contribution in [0.15, 0.2) is 28.7 Å². The van der Waals surface area contributed by atoms with Crippen LogP contribution < -0.4 is 0 Å². The van der Waals surface area contributed by atoms with Crippen molar-refractivity contribution in [2.75, 3.05) is 0 Å². The molecule has 2 aromatic rings. The number of carbonyl (C=O) groups is 1. The zero-order valence-electron chi connectivity index (χ0n) is 12.0. The van der Waals surface area contributed by atoms with Gasteiger partial charge in [-0.15, -0.1) is 0 Å². The second-order valence-corrected chi connectivity index (χ2v) is 5.39. The summed E-state index contributed by atoms with van der Waals surface area (Å²) in [6, 6.07) is 8.05. The predicted octanol–water partition coefficient (Wildman–Crippen LogP) is 3.48. The molecule has 0 radical (unpaired) electrons. The van der Waals surface area contributed by atoms with E-state index in [1.807, 2.05) is 12.1 Å². The average molecular weight is 273 g/mol. The van der Waals surface area contributed by atoms with Crippen molar-refractivity contribution in [3.8, 4) is 11.5 Å². The monoisotopic (exact) mass is 273 g/mol. The molecule has 1 aromatic carbocycles. The molecule has 0 unspecified atom stereocenters. The molecular formula is C16H19NO3.